The summed E-state index contributed by atoms with van der Waals surface area (Å²) in [7, 11) is 0. The molecule has 1 amide bonds. The molecule has 0 aliphatic carbocycles. The number of carbonyl (C=O) groups excluding carboxylic acids is 1. The Labute approximate surface area is 105 Å². The van der Waals surface area contributed by atoms with E-state index in [9.17, 15) is 9.59 Å². The monoisotopic (exact) mass is 294 g/mol. The number of anilines is 1. The SMILES string of the molecule is O=C(Nc1ccc(Br)cn1)c1ccc(=O)oc1. The molecule has 0 spiro atoms. The van der Waals surface area contributed by atoms with Gasteiger partial charge in [0.25, 0.3) is 5.91 Å². The fourth-order valence-electron chi connectivity index (χ4n) is 1.13. The van der Waals surface area contributed by atoms with Crippen LogP contribution in [0.3, 0.4) is 0 Å². The van der Waals surface area contributed by atoms with Gasteiger partial charge >= 0.3 is 5.63 Å². The van der Waals surface area contributed by atoms with E-state index in [1.165, 1.54) is 12.1 Å². The maximum absolute atomic E-state index is 11.7. The van der Waals surface area contributed by atoms with Crippen LogP contribution in [0.5, 0.6) is 0 Å². The van der Waals surface area contributed by atoms with Crippen molar-refractivity contribution >= 4 is 27.7 Å². The Bertz CT molecular complexity index is 572. The molecule has 0 radical (unpaired) electrons. The van der Waals surface area contributed by atoms with E-state index in [0.717, 1.165) is 10.7 Å². The van der Waals surface area contributed by atoms with Gasteiger partial charge < -0.3 is 9.73 Å². The standard InChI is InChI=1S/C11H7BrN2O3/c12-8-2-3-9(13-5-8)14-11(16)7-1-4-10(15)17-6-7/h1-6H,(H,13,14,16). The highest BCUT2D eigenvalue weighted by atomic mass is 79.9. The lowest BCUT2D eigenvalue weighted by molar-refractivity contribution is 0.102. The first-order valence-corrected chi connectivity index (χ1v) is 5.46. The van der Waals surface area contributed by atoms with Crippen LogP contribution in [0.15, 0.2) is 50.4 Å². The van der Waals surface area contributed by atoms with Gasteiger partial charge in [0.05, 0.1) is 5.56 Å². The first-order valence-electron chi connectivity index (χ1n) is 4.67. The van der Waals surface area contributed by atoms with Crippen LogP contribution < -0.4 is 10.9 Å². The molecule has 17 heavy (non-hydrogen) atoms. The average Bonchev–Trinajstić information content (AvgIpc) is 2.33. The molecular formula is C11H7BrN2O3. The molecule has 1 N–H and O–H groups in total. The van der Waals surface area contributed by atoms with Gasteiger partial charge in [0.2, 0.25) is 0 Å². The summed E-state index contributed by atoms with van der Waals surface area (Å²) in [6.45, 7) is 0. The van der Waals surface area contributed by atoms with Crippen LogP contribution in [0.4, 0.5) is 5.82 Å². The summed E-state index contributed by atoms with van der Waals surface area (Å²) in [5.41, 5.74) is -0.238. The van der Waals surface area contributed by atoms with E-state index in [2.05, 4.69) is 30.6 Å². The van der Waals surface area contributed by atoms with Gasteiger partial charge in [0.15, 0.2) is 0 Å². The van der Waals surface area contributed by atoms with E-state index in [1.807, 2.05) is 0 Å². The molecule has 0 fully saturated rings. The van der Waals surface area contributed by atoms with Crippen LogP contribution in [0, 0.1) is 0 Å². The Morgan fingerprint density at radius 3 is 2.71 bits per heavy atom. The van der Waals surface area contributed by atoms with Crippen molar-refractivity contribution in [3.05, 3.63) is 57.2 Å². The third-order valence-electron chi connectivity index (χ3n) is 1.93. The highest BCUT2D eigenvalue weighted by Crippen LogP contribution is 2.11. The molecule has 0 saturated heterocycles. The number of halogens is 1. The van der Waals surface area contributed by atoms with Crippen molar-refractivity contribution in [3.63, 3.8) is 0 Å². The van der Waals surface area contributed by atoms with Crippen molar-refractivity contribution in [2.45, 2.75) is 0 Å². The quantitative estimate of drug-likeness (QED) is 0.920. The second kappa shape index (κ2) is 4.92. The summed E-state index contributed by atoms with van der Waals surface area (Å²) in [5, 5.41) is 2.57. The minimum absolute atomic E-state index is 0.259. The van der Waals surface area contributed by atoms with E-state index in [1.54, 1.807) is 18.3 Å². The molecule has 2 rings (SSSR count). The molecular weight excluding hydrogens is 288 g/mol. The van der Waals surface area contributed by atoms with Gasteiger partial charge in [-0.1, -0.05) is 0 Å². The van der Waals surface area contributed by atoms with Gasteiger partial charge in [-0.25, -0.2) is 9.78 Å². The van der Waals surface area contributed by atoms with E-state index < -0.39 is 5.63 Å². The van der Waals surface area contributed by atoms with Crippen LogP contribution >= 0.6 is 15.9 Å². The zero-order valence-electron chi connectivity index (χ0n) is 8.51. The average molecular weight is 295 g/mol. The summed E-state index contributed by atoms with van der Waals surface area (Å²) < 4.78 is 5.41. The largest absolute Gasteiger partial charge is 0.430 e. The van der Waals surface area contributed by atoms with Crippen molar-refractivity contribution in [2.75, 3.05) is 5.32 Å². The molecule has 0 saturated carbocycles. The molecule has 5 nitrogen and oxygen atoms in total. The maximum Gasteiger partial charge on any atom is 0.335 e. The maximum atomic E-state index is 11.7. The minimum Gasteiger partial charge on any atom is -0.430 e. The van der Waals surface area contributed by atoms with Gasteiger partial charge in [0, 0.05) is 16.7 Å². The van der Waals surface area contributed by atoms with Crippen molar-refractivity contribution in [3.8, 4) is 0 Å². The summed E-state index contributed by atoms with van der Waals surface area (Å²) in [6, 6.07) is 5.98. The first-order chi connectivity index (χ1) is 8.15. The minimum atomic E-state index is -0.497. The number of nitrogens with zero attached hydrogens (tertiary/aromatic N) is 1. The predicted octanol–water partition coefficient (Wildman–Crippen LogP) is 2.05. The van der Waals surface area contributed by atoms with Crippen LogP contribution in [0.25, 0.3) is 0 Å². The smallest absolute Gasteiger partial charge is 0.335 e. The van der Waals surface area contributed by atoms with Gasteiger partial charge in [-0.15, -0.1) is 0 Å². The zero-order chi connectivity index (χ0) is 12.3. The van der Waals surface area contributed by atoms with Gasteiger partial charge in [0.1, 0.15) is 12.1 Å². The molecule has 0 atom stereocenters. The normalized spacial score (nSPS) is 9.94. The van der Waals surface area contributed by atoms with Crippen molar-refractivity contribution in [2.24, 2.45) is 0 Å². The van der Waals surface area contributed by atoms with E-state index >= 15 is 0 Å². The molecule has 86 valence electrons. The van der Waals surface area contributed by atoms with Crippen LogP contribution in [0.1, 0.15) is 10.4 Å². The summed E-state index contributed by atoms with van der Waals surface area (Å²) in [5.74, 6) is 0.0352. The van der Waals surface area contributed by atoms with Crippen LogP contribution in [-0.4, -0.2) is 10.9 Å². The molecule has 6 heteroatoms. The van der Waals surface area contributed by atoms with Gasteiger partial charge in [-0.05, 0) is 34.1 Å². The summed E-state index contributed by atoms with van der Waals surface area (Å²) >= 11 is 3.24. The topological polar surface area (TPSA) is 72.2 Å². The second-order valence-electron chi connectivity index (χ2n) is 3.16. The number of rotatable bonds is 2. The number of carbonyl (C=O) groups is 1. The Kier molecular flexibility index (Phi) is 3.34. The molecule has 0 aliphatic rings. The van der Waals surface area contributed by atoms with Gasteiger partial charge in [-0.3, -0.25) is 4.79 Å². The Morgan fingerprint density at radius 1 is 1.29 bits per heavy atom. The van der Waals surface area contributed by atoms with Crippen molar-refractivity contribution in [1.29, 1.82) is 0 Å². The van der Waals surface area contributed by atoms with Crippen molar-refractivity contribution < 1.29 is 9.21 Å². The van der Waals surface area contributed by atoms with E-state index in [-0.39, 0.29) is 11.5 Å². The lowest BCUT2D eigenvalue weighted by Gasteiger charge is -2.03. The summed E-state index contributed by atoms with van der Waals surface area (Å²) in [4.78, 5) is 26.4. The molecule has 2 heterocycles. The number of amides is 1. The third kappa shape index (κ3) is 3.01. The number of nitrogens with one attached hydrogen (secondary N) is 1. The first kappa shape index (κ1) is 11.5. The van der Waals surface area contributed by atoms with Crippen LogP contribution in [-0.2, 0) is 0 Å². The number of hydrogen-bond donors (Lipinski definition) is 1. The Balaban J connectivity index is 2.14. The molecule has 0 unspecified atom stereocenters. The fourth-order valence-corrected chi connectivity index (χ4v) is 1.36. The number of pyridine rings is 1. The van der Waals surface area contributed by atoms with Crippen molar-refractivity contribution in [1.82, 2.24) is 4.98 Å². The summed E-state index contributed by atoms with van der Waals surface area (Å²) in [6.07, 6.45) is 2.68. The van der Waals surface area contributed by atoms with Gasteiger partial charge in [-0.2, -0.15) is 0 Å². The molecule has 2 aromatic heterocycles. The highest BCUT2D eigenvalue weighted by molar-refractivity contribution is 9.10. The number of hydrogen-bond acceptors (Lipinski definition) is 4. The lowest BCUT2D eigenvalue weighted by atomic mass is 10.3. The molecule has 0 bridgehead atoms. The Morgan fingerprint density at radius 2 is 2.12 bits per heavy atom. The number of aromatic nitrogens is 1. The van der Waals surface area contributed by atoms with Crippen LogP contribution in [0.2, 0.25) is 0 Å². The fraction of sp³-hybridized carbons (Fsp3) is 0. The molecule has 0 aliphatic heterocycles. The Hall–Kier alpha value is -1.95. The zero-order valence-corrected chi connectivity index (χ0v) is 10.1. The predicted molar refractivity (Wildman–Crippen MR) is 64.9 cm³/mol. The highest BCUT2D eigenvalue weighted by Gasteiger charge is 2.07. The van der Waals surface area contributed by atoms with E-state index in [4.69, 9.17) is 0 Å². The third-order valence-corrected chi connectivity index (χ3v) is 2.40. The van der Waals surface area contributed by atoms with E-state index in [0.29, 0.717) is 5.82 Å². The second-order valence-corrected chi connectivity index (χ2v) is 4.07. The molecule has 0 aromatic carbocycles. The molecule has 2 aromatic rings. The lowest BCUT2D eigenvalue weighted by Crippen LogP contribution is -2.13.